The fourth-order valence-corrected chi connectivity index (χ4v) is 4.72. The van der Waals surface area contributed by atoms with Crippen molar-refractivity contribution in [1.82, 2.24) is 9.88 Å². The summed E-state index contributed by atoms with van der Waals surface area (Å²) in [5.41, 5.74) is 2.93. The van der Waals surface area contributed by atoms with Gasteiger partial charge in [-0.25, -0.2) is 8.78 Å². The van der Waals surface area contributed by atoms with Crippen LogP contribution in [0.15, 0.2) is 36.4 Å². The molecular weight excluding hydrogens is 362 g/mol. The zero-order chi connectivity index (χ0) is 19.6. The van der Waals surface area contributed by atoms with E-state index in [1.54, 1.807) is 17.0 Å². The molecule has 1 saturated carbocycles. The van der Waals surface area contributed by atoms with Crippen molar-refractivity contribution >= 4 is 16.8 Å². The van der Waals surface area contributed by atoms with Gasteiger partial charge in [0.25, 0.3) is 0 Å². The molecule has 2 heterocycles. The van der Waals surface area contributed by atoms with Gasteiger partial charge in [-0.15, -0.1) is 0 Å². The number of aromatic amines is 1. The first-order valence-electron chi connectivity index (χ1n) is 9.36. The number of amides is 1. The molecule has 5 rings (SSSR count). The number of hydrogen-bond acceptors (Lipinski definition) is 2. The Kier molecular flexibility index (Phi) is 3.57. The molecule has 0 saturated heterocycles. The minimum atomic E-state index is -0.485. The van der Waals surface area contributed by atoms with Crippen LogP contribution in [0.3, 0.4) is 0 Å². The average Bonchev–Trinajstić information content (AvgIpc) is 3.31. The summed E-state index contributed by atoms with van der Waals surface area (Å²) in [7, 11) is 1.48. The van der Waals surface area contributed by atoms with Crippen LogP contribution in [0.4, 0.5) is 8.78 Å². The third-order valence-corrected chi connectivity index (χ3v) is 6.14. The van der Waals surface area contributed by atoms with E-state index in [-0.39, 0.29) is 17.1 Å². The van der Waals surface area contributed by atoms with Crippen molar-refractivity contribution in [2.45, 2.75) is 31.2 Å². The highest BCUT2D eigenvalue weighted by molar-refractivity contribution is 5.89. The van der Waals surface area contributed by atoms with E-state index in [2.05, 4.69) is 4.98 Å². The summed E-state index contributed by atoms with van der Waals surface area (Å²) in [5, 5.41) is 0.601. The SMILES string of the molecule is COc1cc(F)ccc1C1c2[nH]c3cccc(F)c3c2C2(CC2)CN1C(C)=O. The van der Waals surface area contributed by atoms with Gasteiger partial charge in [-0.1, -0.05) is 6.07 Å². The van der Waals surface area contributed by atoms with E-state index in [4.69, 9.17) is 4.74 Å². The second kappa shape index (κ2) is 5.80. The topological polar surface area (TPSA) is 45.3 Å². The molecule has 1 N–H and O–H groups in total. The molecule has 1 spiro atoms. The number of aromatic nitrogens is 1. The number of carbonyl (C=O) groups is 1. The summed E-state index contributed by atoms with van der Waals surface area (Å²) in [4.78, 5) is 17.7. The normalized spacial score (nSPS) is 19.7. The second-order valence-electron chi connectivity index (χ2n) is 7.79. The number of fused-ring (bicyclic) bond motifs is 4. The lowest BCUT2D eigenvalue weighted by atomic mass is 9.83. The Morgan fingerprint density at radius 2 is 2.04 bits per heavy atom. The molecule has 2 aliphatic rings. The quantitative estimate of drug-likeness (QED) is 0.712. The molecule has 2 aromatic carbocycles. The molecule has 0 bridgehead atoms. The van der Waals surface area contributed by atoms with Gasteiger partial charge >= 0.3 is 0 Å². The predicted molar refractivity (Wildman–Crippen MR) is 101 cm³/mol. The molecule has 1 atom stereocenters. The van der Waals surface area contributed by atoms with Crippen LogP contribution in [0.5, 0.6) is 5.75 Å². The highest BCUT2D eigenvalue weighted by atomic mass is 19.1. The van der Waals surface area contributed by atoms with Gasteiger partial charge in [0.1, 0.15) is 23.4 Å². The Morgan fingerprint density at radius 1 is 1.25 bits per heavy atom. The van der Waals surface area contributed by atoms with E-state index in [1.165, 1.54) is 32.2 Å². The largest absolute Gasteiger partial charge is 0.496 e. The molecule has 4 nitrogen and oxygen atoms in total. The van der Waals surface area contributed by atoms with Gasteiger partial charge in [0, 0.05) is 47.1 Å². The van der Waals surface area contributed by atoms with E-state index in [0.29, 0.717) is 28.8 Å². The van der Waals surface area contributed by atoms with Crippen molar-refractivity contribution in [3.63, 3.8) is 0 Å². The van der Waals surface area contributed by atoms with Gasteiger partial charge in [0.05, 0.1) is 7.11 Å². The lowest BCUT2D eigenvalue weighted by Gasteiger charge is -2.40. The zero-order valence-corrected chi connectivity index (χ0v) is 15.7. The number of halogens is 2. The molecule has 144 valence electrons. The van der Waals surface area contributed by atoms with Gasteiger partial charge in [-0.2, -0.15) is 0 Å². The molecule has 6 heteroatoms. The van der Waals surface area contributed by atoms with E-state index >= 15 is 0 Å². The Hall–Kier alpha value is -2.89. The van der Waals surface area contributed by atoms with E-state index < -0.39 is 11.9 Å². The minimum Gasteiger partial charge on any atom is -0.496 e. The molecule has 1 amide bonds. The molecule has 1 aliphatic carbocycles. The number of nitrogens with zero attached hydrogens (tertiary/aromatic N) is 1. The summed E-state index contributed by atoms with van der Waals surface area (Å²) in [6.07, 6.45) is 1.83. The predicted octanol–water partition coefficient (Wildman–Crippen LogP) is 4.44. The van der Waals surface area contributed by atoms with Crippen molar-refractivity contribution in [3.05, 3.63) is 64.9 Å². The molecule has 1 unspecified atom stereocenters. The maximum Gasteiger partial charge on any atom is 0.220 e. The summed E-state index contributed by atoms with van der Waals surface area (Å²) in [6.45, 7) is 2.05. The molecule has 1 aliphatic heterocycles. The number of ether oxygens (including phenoxy) is 1. The first kappa shape index (κ1) is 17.2. The van der Waals surface area contributed by atoms with Crippen LogP contribution in [0.2, 0.25) is 0 Å². The average molecular weight is 382 g/mol. The maximum atomic E-state index is 14.8. The molecule has 3 aromatic rings. The van der Waals surface area contributed by atoms with Gasteiger partial charge in [0.15, 0.2) is 0 Å². The number of benzene rings is 2. The lowest BCUT2D eigenvalue weighted by molar-refractivity contribution is -0.131. The number of nitrogens with one attached hydrogen (secondary N) is 1. The summed E-state index contributed by atoms with van der Waals surface area (Å²) < 4.78 is 34.0. The van der Waals surface area contributed by atoms with Crippen LogP contribution in [-0.2, 0) is 10.2 Å². The Balaban J connectivity index is 1.82. The molecule has 1 fully saturated rings. The summed E-state index contributed by atoms with van der Waals surface area (Å²) in [6, 6.07) is 8.83. The Bertz CT molecular complexity index is 1120. The molecule has 28 heavy (non-hydrogen) atoms. The first-order valence-corrected chi connectivity index (χ1v) is 9.36. The summed E-state index contributed by atoms with van der Waals surface area (Å²) >= 11 is 0. The monoisotopic (exact) mass is 382 g/mol. The van der Waals surface area contributed by atoms with Crippen LogP contribution < -0.4 is 4.74 Å². The van der Waals surface area contributed by atoms with Gasteiger partial charge in [-0.05, 0) is 42.7 Å². The second-order valence-corrected chi connectivity index (χ2v) is 7.79. The van der Waals surface area contributed by atoms with Crippen LogP contribution in [-0.4, -0.2) is 29.4 Å². The fraction of sp³-hybridized carbons (Fsp3) is 0.318. The van der Waals surface area contributed by atoms with Crippen molar-refractivity contribution < 1.29 is 18.3 Å². The Morgan fingerprint density at radius 3 is 2.71 bits per heavy atom. The van der Waals surface area contributed by atoms with Crippen molar-refractivity contribution in [1.29, 1.82) is 0 Å². The molecule has 0 radical (unpaired) electrons. The van der Waals surface area contributed by atoms with Crippen molar-refractivity contribution in [2.75, 3.05) is 13.7 Å². The molecular formula is C22H20F2N2O2. The third kappa shape index (κ3) is 2.30. The van der Waals surface area contributed by atoms with Crippen LogP contribution in [0.1, 0.15) is 42.6 Å². The number of rotatable bonds is 2. The number of H-pyrrole nitrogens is 1. The molecule has 1 aromatic heterocycles. The fourth-order valence-electron chi connectivity index (χ4n) is 4.72. The highest BCUT2D eigenvalue weighted by Gasteiger charge is 2.55. The maximum absolute atomic E-state index is 14.8. The first-order chi connectivity index (χ1) is 13.4. The van der Waals surface area contributed by atoms with E-state index in [9.17, 15) is 13.6 Å². The van der Waals surface area contributed by atoms with Crippen LogP contribution in [0, 0.1) is 11.6 Å². The number of hydrogen-bond donors (Lipinski definition) is 1. The Labute approximate surface area is 161 Å². The third-order valence-electron chi connectivity index (χ3n) is 6.14. The summed E-state index contributed by atoms with van der Waals surface area (Å²) in [5.74, 6) is -0.379. The van der Waals surface area contributed by atoms with E-state index in [0.717, 1.165) is 24.1 Å². The highest BCUT2D eigenvalue weighted by Crippen LogP contribution is 2.58. The number of methoxy groups -OCH3 is 1. The smallest absolute Gasteiger partial charge is 0.220 e. The van der Waals surface area contributed by atoms with E-state index in [1.807, 2.05) is 6.07 Å². The number of carbonyl (C=O) groups excluding carboxylic acids is 1. The van der Waals surface area contributed by atoms with Gasteiger partial charge < -0.3 is 14.6 Å². The zero-order valence-electron chi connectivity index (χ0n) is 15.7. The van der Waals surface area contributed by atoms with Crippen LogP contribution >= 0.6 is 0 Å². The van der Waals surface area contributed by atoms with Crippen molar-refractivity contribution in [3.8, 4) is 5.75 Å². The van der Waals surface area contributed by atoms with Gasteiger partial charge in [0.2, 0.25) is 5.91 Å². The van der Waals surface area contributed by atoms with Crippen molar-refractivity contribution in [2.24, 2.45) is 0 Å². The minimum absolute atomic E-state index is 0.0765. The lowest BCUT2D eigenvalue weighted by Crippen LogP contribution is -2.44. The van der Waals surface area contributed by atoms with Crippen LogP contribution in [0.25, 0.3) is 10.9 Å². The van der Waals surface area contributed by atoms with Gasteiger partial charge in [-0.3, -0.25) is 4.79 Å². The standard InChI is InChI=1S/C22H20F2N2O2/c1-12(27)26-11-22(8-9-22)19-18-15(24)4-3-5-16(18)25-20(19)21(26)14-7-6-13(23)10-17(14)28-2/h3-7,10,21,25H,8-9,11H2,1-2H3.